The van der Waals surface area contributed by atoms with E-state index in [0.717, 1.165) is 37.3 Å². The maximum Gasteiger partial charge on any atom is 0.252 e. The van der Waals surface area contributed by atoms with Gasteiger partial charge in [0.2, 0.25) is 0 Å². The van der Waals surface area contributed by atoms with Crippen LogP contribution in [0.3, 0.4) is 0 Å². The van der Waals surface area contributed by atoms with Gasteiger partial charge in [0.05, 0.1) is 4.34 Å². The molecule has 1 atom stereocenters. The van der Waals surface area contributed by atoms with Crippen molar-refractivity contribution in [1.29, 1.82) is 0 Å². The molecule has 4 nitrogen and oxygen atoms in total. The number of halogens is 1. The maximum absolute atomic E-state index is 12.8. The zero-order valence-corrected chi connectivity index (χ0v) is 15.1. The van der Waals surface area contributed by atoms with Gasteiger partial charge in [0, 0.05) is 19.1 Å². The minimum atomic E-state index is -3.38. The van der Waals surface area contributed by atoms with Gasteiger partial charge in [0.25, 0.3) is 10.0 Å². The molecule has 22 heavy (non-hydrogen) atoms. The third-order valence-electron chi connectivity index (χ3n) is 4.66. The van der Waals surface area contributed by atoms with Crippen LogP contribution in [0.1, 0.15) is 38.5 Å². The topological polar surface area (TPSA) is 40.6 Å². The molecule has 0 N–H and O–H groups in total. The number of hydrogen-bond donors (Lipinski definition) is 0. The monoisotopic (exact) mass is 362 g/mol. The molecule has 0 radical (unpaired) electrons. The lowest BCUT2D eigenvalue weighted by Crippen LogP contribution is -2.49. The summed E-state index contributed by atoms with van der Waals surface area (Å²) >= 11 is 7.05. The molecule has 0 aromatic carbocycles. The number of thiophene rings is 1. The highest BCUT2D eigenvalue weighted by molar-refractivity contribution is 7.91. The van der Waals surface area contributed by atoms with Crippen molar-refractivity contribution in [2.24, 2.45) is 0 Å². The summed E-state index contributed by atoms with van der Waals surface area (Å²) in [5, 5.41) is 0. The Morgan fingerprint density at radius 2 is 1.77 bits per heavy atom. The van der Waals surface area contributed by atoms with Crippen molar-refractivity contribution in [1.82, 2.24) is 9.21 Å². The molecule has 3 heterocycles. The van der Waals surface area contributed by atoms with Crippen LogP contribution >= 0.6 is 22.9 Å². The fourth-order valence-electron chi connectivity index (χ4n) is 3.46. The van der Waals surface area contributed by atoms with Crippen molar-refractivity contribution in [3.8, 4) is 0 Å². The Kier molecular flexibility index (Phi) is 5.45. The van der Waals surface area contributed by atoms with Gasteiger partial charge in [-0.2, -0.15) is 4.31 Å². The predicted octanol–water partition coefficient (Wildman–Crippen LogP) is 3.43. The molecule has 2 saturated heterocycles. The van der Waals surface area contributed by atoms with Crippen LogP contribution in [-0.4, -0.2) is 49.8 Å². The highest BCUT2D eigenvalue weighted by atomic mass is 35.5. The van der Waals surface area contributed by atoms with Crippen molar-refractivity contribution in [2.75, 3.05) is 26.2 Å². The van der Waals surface area contributed by atoms with Gasteiger partial charge >= 0.3 is 0 Å². The second kappa shape index (κ2) is 7.18. The lowest BCUT2D eigenvalue weighted by atomic mass is 10.1. The Morgan fingerprint density at radius 1 is 1.05 bits per heavy atom. The molecule has 124 valence electrons. The highest BCUT2D eigenvalue weighted by Gasteiger charge is 2.33. The summed E-state index contributed by atoms with van der Waals surface area (Å²) < 4.78 is 28.1. The molecule has 0 amide bonds. The predicted molar refractivity (Wildman–Crippen MR) is 91.2 cm³/mol. The second-order valence-electron chi connectivity index (χ2n) is 6.17. The summed E-state index contributed by atoms with van der Waals surface area (Å²) in [7, 11) is -3.38. The number of nitrogens with zero attached hydrogens (tertiary/aromatic N) is 2. The molecule has 2 aliphatic rings. The van der Waals surface area contributed by atoms with E-state index in [0.29, 0.717) is 27.7 Å². The molecule has 0 saturated carbocycles. The van der Waals surface area contributed by atoms with Gasteiger partial charge in [-0.3, -0.25) is 4.90 Å². The van der Waals surface area contributed by atoms with Crippen LogP contribution in [0.5, 0.6) is 0 Å². The van der Waals surface area contributed by atoms with Crippen LogP contribution in [0.25, 0.3) is 0 Å². The van der Waals surface area contributed by atoms with E-state index in [1.807, 2.05) is 0 Å². The average Bonchev–Trinajstić information content (AvgIpc) is 2.80. The third kappa shape index (κ3) is 3.67. The highest BCUT2D eigenvalue weighted by Crippen LogP contribution is 2.30. The molecule has 1 unspecified atom stereocenters. The van der Waals surface area contributed by atoms with E-state index in [1.165, 1.54) is 25.7 Å². The first-order chi connectivity index (χ1) is 10.6. The van der Waals surface area contributed by atoms with Crippen molar-refractivity contribution in [3.05, 3.63) is 16.5 Å². The van der Waals surface area contributed by atoms with E-state index in [1.54, 1.807) is 16.4 Å². The fourth-order valence-corrected chi connectivity index (χ4v) is 6.61. The Hall–Kier alpha value is -0.140. The third-order valence-corrected chi connectivity index (χ3v) is 8.22. The fraction of sp³-hybridized carbons (Fsp3) is 0.733. The molecule has 3 rings (SSSR count). The van der Waals surface area contributed by atoms with Crippen LogP contribution in [0.2, 0.25) is 4.34 Å². The Balaban J connectivity index is 1.72. The van der Waals surface area contributed by atoms with Crippen LogP contribution < -0.4 is 0 Å². The number of piperidine rings is 1. The summed E-state index contributed by atoms with van der Waals surface area (Å²) in [6.45, 7) is 3.48. The summed E-state index contributed by atoms with van der Waals surface area (Å²) in [5.74, 6) is 0. The molecule has 1 aromatic rings. The first-order valence-corrected chi connectivity index (χ1v) is 10.7. The van der Waals surface area contributed by atoms with Gasteiger partial charge < -0.3 is 0 Å². The van der Waals surface area contributed by atoms with E-state index >= 15 is 0 Å². The van der Waals surface area contributed by atoms with Crippen molar-refractivity contribution in [2.45, 2.75) is 48.8 Å². The number of rotatable bonds is 3. The van der Waals surface area contributed by atoms with Crippen molar-refractivity contribution in [3.63, 3.8) is 0 Å². The molecule has 0 aliphatic carbocycles. The van der Waals surface area contributed by atoms with E-state index in [4.69, 9.17) is 11.6 Å². The van der Waals surface area contributed by atoms with Crippen LogP contribution in [0, 0.1) is 0 Å². The lowest BCUT2D eigenvalue weighted by molar-refractivity contribution is 0.139. The first-order valence-electron chi connectivity index (χ1n) is 8.07. The van der Waals surface area contributed by atoms with Crippen LogP contribution in [0.15, 0.2) is 16.3 Å². The Morgan fingerprint density at radius 3 is 2.41 bits per heavy atom. The Labute approximate surface area is 142 Å². The molecule has 0 bridgehead atoms. The molecule has 0 spiro atoms. The summed E-state index contributed by atoms with van der Waals surface area (Å²) in [5.41, 5.74) is 0. The SMILES string of the molecule is O=S(=O)(c1ccc(Cl)s1)N1CCCC(N2CCCCCC2)C1. The van der Waals surface area contributed by atoms with Crippen molar-refractivity contribution >= 4 is 33.0 Å². The molecule has 2 fully saturated rings. The Bertz CT molecular complexity index is 594. The van der Waals surface area contributed by atoms with Crippen molar-refractivity contribution < 1.29 is 8.42 Å². The number of likely N-dealkylation sites (tertiary alicyclic amines) is 1. The smallest absolute Gasteiger partial charge is 0.252 e. The lowest BCUT2D eigenvalue weighted by Gasteiger charge is -2.38. The standard InChI is InChI=1S/C15H23ClN2O2S2/c16-14-7-8-15(21-14)22(19,20)18-11-5-6-13(12-18)17-9-3-1-2-4-10-17/h7-8,13H,1-6,9-12H2. The van der Waals surface area contributed by atoms with Gasteiger partial charge in [-0.05, 0) is 50.9 Å². The zero-order valence-electron chi connectivity index (χ0n) is 12.7. The normalized spacial score (nSPS) is 26.0. The van der Waals surface area contributed by atoms with Gasteiger partial charge in [-0.25, -0.2) is 8.42 Å². The summed E-state index contributed by atoms with van der Waals surface area (Å²) in [6, 6.07) is 3.66. The minimum Gasteiger partial charge on any atom is -0.299 e. The number of hydrogen-bond acceptors (Lipinski definition) is 4. The van der Waals surface area contributed by atoms with Gasteiger partial charge in [0.1, 0.15) is 4.21 Å². The molecule has 7 heteroatoms. The second-order valence-corrected chi connectivity index (χ2v) is 10.0. The summed E-state index contributed by atoms with van der Waals surface area (Å²) in [6.07, 6.45) is 7.14. The average molecular weight is 363 g/mol. The minimum absolute atomic E-state index is 0.369. The van der Waals surface area contributed by atoms with Gasteiger partial charge in [-0.15, -0.1) is 11.3 Å². The number of sulfonamides is 1. The quantitative estimate of drug-likeness (QED) is 0.827. The van der Waals surface area contributed by atoms with E-state index in [2.05, 4.69) is 4.90 Å². The van der Waals surface area contributed by atoms with Crippen LogP contribution in [-0.2, 0) is 10.0 Å². The molecule has 1 aromatic heterocycles. The van der Waals surface area contributed by atoms with E-state index < -0.39 is 10.0 Å². The van der Waals surface area contributed by atoms with E-state index in [-0.39, 0.29) is 0 Å². The summed E-state index contributed by atoms with van der Waals surface area (Å²) in [4.78, 5) is 2.51. The van der Waals surface area contributed by atoms with Gasteiger partial charge in [-0.1, -0.05) is 24.4 Å². The van der Waals surface area contributed by atoms with Crippen LogP contribution in [0.4, 0.5) is 0 Å². The zero-order chi connectivity index (χ0) is 15.6. The van der Waals surface area contributed by atoms with Gasteiger partial charge in [0.15, 0.2) is 0 Å². The molecule has 2 aliphatic heterocycles. The largest absolute Gasteiger partial charge is 0.299 e. The molecular weight excluding hydrogens is 340 g/mol. The van der Waals surface area contributed by atoms with E-state index in [9.17, 15) is 8.42 Å². The first kappa shape index (κ1) is 16.7. The maximum atomic E-state index is 12.8. The molecular formula is C15H23ClN2O2S2.